The van der Waals surface area contributed by atoms with Crippen molar-refractivity contribution in [1.82, 2.24) is 29.5 Å². The van der Waals surface area contributed by atoms with Gasteiger partial charge in [0.05, 0.1) is 12.2 Å². The first kappa shape index (κ1) is 14.3. The van der Waals surface area contributed by atoms with Crippen LogP contribution in [0, 0.1) is 0 Å². The Hall–Kier alpha value is -1.66. The van der Waals surface area contributed by atoms with Crippen molar-refractivity contribution in [3.05, 3.63) is 36.2 Å². The number of rotatable bonds is 5. The molecule has 2 aromatic rings. The Bertz CT molecular complexity index is 572. The van der Waals surface area contributed by atoms with Crippen LogP contribution >= 0.6 is 0 Å². The summed E-state index contributed by atoms with van der Waals surface area (Å²) in [6.07, 6.45) is 9.17. The van der Waals surface area contributed by atoms with Crippen molar-refractivity contribution in [1.29, 1.82) is 0 Å². The quantitative estimate of drug-likeness (QED) is 0.897. The van der Waals surface area contributed by atoms with Gasteiger partial charge in [-0.1, -0.05) is 6.92 Å². The third-order valence-corrected chi connectivity index (χ3v) is 4.04. The average Bonchev–Trinajstić information content (AvgIpc) is 3.09. The number of aromatic nitrogens is 4. The van der Waals surface area contributed by atoms with Gasteiger partial charge in [-0.15, -0.1) is 0 Å². The van der Waals surface area contributed by atoms with Crippen molar-refractivity contribution in [2.24, 2.45) is 7.05 Å². The fourth-order valence-corrected chi connectivity index (χ4v) is 2.96. The van der Waals surface area contributed by atoms with Crippen molar-refractivity contribution >= 4 is 0 Å². The molecule has 0 saturated carbocycles. The molecule has 0 aromatic carbocycles. The zero-order chi connectivity index (χ0) is 14.7. The summed E-state index contributed by atoms with van der Waals surface area (Å²) in [6.45, 7) is 7.12. The zero-order valence-corrected chi connectivity index (χ0v) is 12.9. The molecule has 0 spiro atoms. The lowest BCUT2D eigenvalue weighted by atomic mass is 10.1. The molecule has 3 rings (SSSR count). The Kier molecular flexibility index (Phi) is 4.36. The van der Waals surface area contributed by atoms with E-state index in [9.17, 15) is 0 Å². The normalized spacial score (nSPS) is 20.0. The Labute approximate surface area is 125 Å². The van der Waals surface area contributed by atoms with Crippen LogP contribution < -0.4 is 5.32 Å². The number of imidazole rings is 1. The van der Waals surface area contributed by atoms with Gasteiger partial charge in [0.25, 0.3) is 0 Å². The SMILES string of the molecule is CCCn1cc(CN2CCNCC2c2nccn2C)cn1. The second-order valence-electron chi connectivity index (χ2n) is 5.70. The van der Waals surface area contributed by atoms with Gasteiger partial charge in [0, 0.05) is 63.9 Å². The van der Waals surface area contributed by atoms with Crippen molar-refractivity contribution in [2.45, 2.75) is 32.5 Å². The van der Waals surface area contributed by atoms with Gasteiger partial charge in [-0.25, -0.2) is 4.98 Å². The Balaban J connectivity index is 1.73. The number of hydrogen-bond donors (Lipinski definition) is 1. The van der Waals surface area contributed by atoms with Crippen molar-refractivity contribution in [2.75, 3.05) is 19.6 Å². The lowest BCUT2D eigenvalue weighted by molar-refractivity contribution is 0.144. The van der Waals surface area contributed by atoms with Crippen LogP contribution in [0.5, 0.6) is 0 Å². The Morgan fingerprint density at radius 1 is 1.43 bits per heavy atom. The first-order valence-corrected chi connectivity index (χ1v) is 7.71. The molecule has 0 aliphatic carbocycles. The predicted molar refractivity (Wildman–Crippen MR) is 81.7 cm³/mol. The number of piperazine rings is 1. The Morgan fingerprint density at radius 2 is 2.33 bits per heavy atom. The van der Waals surface area contributed by atoms with Crippen molar-refractivity contribution in [3.8, 4) is 0 Å². The molecule has 1 N–H and O–H groups in total. The molecule has 1 aliphatic heterocycles. The standard InChI is InChI=1S/C15H24N6/c1-3-6-21-12-13(9-18-21)11-20-8-4-16-10-14(20)15-17-5-7-19(15)2/h5,7,9,12,14,16H,3-4,6,8,10-11H2,1-2H3. The summed E-state index contributed by atoms with van der Waals surface area (Å²) in [7, 11) is 2.06. The molecule has 1 aliphatic rings. The molecule has 1 atom stereocenters. The van der Waals surface area contributed by atoms with Gasteiger partial charge in [0.15, 0.2) is 0 Å². The molecule has 21 heavy (non-hydrogen) atoms. The highest BCUT2D eigenvalue weighted by Crippen LogP contribution is 2.22. The third-order valence-electron chi connectivity index (χ3n) is 4.04. The molecule has 6 nitrogen and oxygen atoms in total. The molecule has 6 heteroatoms. The van der Waals surface area contributed by atoms with E-state index >= 15 is 0 Å². The predicted octanol–water partition coefficient (Wildman–Crippen LogP) is 1.17. The minimum Gasteiger partial charge on any atom is -0.337 e. The van der Waals surface area contributed by atoms with Gasteiger partial charge in [0.1, 0.15) is 5.82 Å². The molecule has 0 bridgehead atoms. The van der Waals surface area contributed by atoms with Gasteiger partial charge in [-0.3, -0.25) is 9.58 Å². The minimum absolute atomic E-state index is 0.327. The zero-order valence-electron chi connectivity index (χ0n) is 12.9. The number of aryl methyl sites for hydroxylation is 2. The van der Waals surface area contributed by atoms with E-state index < -0.39 is 0 Å². The van der Waals surface area contributed by atoms with Gasteiger partial charge in [-0.2, -0.15) is 5.10 Å². The van der Waals surface area contributed by atoms with Crippen LogP contribution in [0.4, 0.5) is 0 Å². The summed E-state index contributed by atoms with van der Waals surface area (Å²) in [5.74, 6) is 1.13. The van der Waals surface area contributed by atoms with Crippen LogP contribution in [-0.2, 0) is 20.1 Å². The lowest BCUT2D eigenvalue weighted by Crippen LogP contribution is -2.46. The highest BCUT2D eigenvalue weighted by atomic mass is 15.3. The molecule has 1 fully saturated rings. The van der Waals surface area contributed by atoms with E-state index in [1.165, 1.54) is 5.56 Å². The van der Waals surface area contributed by atoms with Crippen molar-refractivity contribution < 1.29 is 0 Å². The van der Waals surface area contributed by atoms with Crippen molar-refractivity contribution in [3.63, 3.8) is 0 Å². The number of nitrogens with zero attached hydrogens (tertiary/aromatic N) is 5. The Morgan fingerprint density at radius 3 is 3.10 bits per heavy atom. The van der Waals surface area contributed by atoms with Crippen LogP contribution in [0.25, 0.3) is 0 Å². The molecule has 3 heterocycles. The van der Waals surface area contributed by atoms with E-state index in [4.69, 9.17) is 0 Å². The molecule has 1 saturated heterocycles. The third kappa shape index (κ3) is 3.16. The molecule has 1 unspecified atom stereocenters. The van der Waals surface area contributed by atoms with Gasteiger partial charge >= 0.3 is 0 Å². The molecule has 0 radical (unpaired) electrons. The smallest absolute Gasteiger partial charge is 0.127 e. The second kappa shape index (κ2) is 6.41. The summed E-state index contributed by atoms with van der Waals surface area (Å²) < 4.78 is 4.15. The number of nitrogens with one attached hydrogen (secondary N) is 1. The van der Waals surface area contributed by atoms with Crippen LogP contribution in [0.2, 0.25) is 0 Å². The first-order valence-electron chi connectivity index (χ1n) is 7.71. The first-order chi connectivity index (χ1) is 10.3. The van der Waals surface area contributed by atoms with E-state index in [1.54, 1.807) is 0 Å². The van der Waals surface area contributed by atoms with Gasteiger partial charge in [-0.05, 0) is 6.42 Å². The van der Waals surface area contributed by atoms with E-state index in [0.29, 0.717) is 6.04 Å². The fourth-order valence-electron chi connectivity index (χ4n) is 2.96. The average molecular weight is 288 g/mol. The molecule has 114 valence electrons. The van der Waals surface area contributed by atoms with Gasteiger partial charge < -0.3 is 9.88 Å². The fraction of sp³-hybridized carbons (Fsp3) is 0.600. The van der Waals surface area contributed by atoms with E-state index in [1.807, 2.05) is 23.3 Å². The van der Waals surface area contributed by atoms with E-state index in [0.717, 1.165) is 45.0 Å². The lowest BCUT2D eigenvalue weighted by Gasteiger charge is -2.35. The monoisotopic (exact) mass is 288 g/mol. The maximum absolute atomic E-state index is 4.53. The summed E-state index contributed by atoms with van der Waals surface area (Å²) >= 11 is 0. The second-order valence-corrected chi connectivity index (χ2v) is 5.70. The molecular formula is C15H24N6. The molecular weight excluding hydrogens is 264 g/mol. The highest BCUT2D eigenvalue weighted by molar-refractivity contribution is 5.08. The van der Waals surface area contributed by atoms with Crippen LogP contribution in [0.15, 0.2) is 24.8 Å². The van der Waals surface area contributed by atoms with Crippen LogP contribution in [0.3, 0.4) is 0 Å². The highest BCUT2D eigenvalue weighted by Gasteiger charge is 2.26. The summed E-state index contributed by atoms with van der Waals surface area (Å²) in [4.78, 5) is 7.02. The van der Waals surface area contributed by atoms with Crippen LogP contribution in [-0.4, -0.2) is 43.9 Å². The van der Waals surface area contributed by atoms with E-state index in [2.05, 4.69) is 45.0 Å². The maximum Gasteiger partial charge on any atom is 0.127 e. The minimum atomic E-state index is 0.327. The van der Waals surface area contributed by atoms with Gasteiger partial charge in [0.2, 0.25) is 0 Å². The summed E-state index contributed by atoms with van der Waals surface area (Å²) in [6, 6.07) is 0.327. The van der Waals surface area contributed by atoms with Crippen LogP contribution in [0.1, 0.15) is 30.8 Å². The molecule has 2 aromatic heterocycles. The molecule has 0 amide bonds. The summed E-state index contributed by atoms with van der Waals surface area (Å²) in [5.41, 5.74) is 1.28. The maximum atomic E-state index is 4.53. The summed E-state index contributed by atoms with van der Waals surface area (Å²) in [5, 5.41) is 7.91. The topological polar surface area (TPSA) is 50.9 Å². The van der Waals surface area contributed by atoms with E-state index in [-0.39, 0.29) is 0 Å². The largest absolute Gasteiger partial charge is 0.337 e. The number of hydrogen-bond acceptors (Lipinski definition) is 4.